The monoisotopic (exact) mass is 851 g/mol. The Bertz CT molecular complexity index is 1020. The second-order valence-electron chi connectivity index (χ2n) is 16.0. The third-order valence-electron chi connectivity index (χ3n) is 10.2. The number of rotatable bonds is 44. The van der Waals surface area contributed by atoms with E-state index >= 15 is 0 Å². The van der Waals surface area contributed by atoms with Gasteiger partial charge in [0.2, 0.25) is 0 Å². The molecule has 0 bridgehead atoms. The molecule has 0 aromatic rings. The van der Waals surface area contributed by atoms with Gasteiger partial charge in [0.1, 0.15) is 25.4 Å². The molecule has 0 aliphatic carbocycles. The molecular weight excluding hydrogens is 763 g/mol. The number of nitrogens with two attached hydrogens (primary N) is 2. The van der Waals surface area contributed by atoms with Crippen LogP contribution in [0.4, 0.5) is 0 Å². The highest BCUT2D eigenvalue weighted by molar-refractivity contribution is 7.47. The number of carbonyl (C=O) groups is 3. The molecule has 6 N–H and O–H groups in total. The predicted molar refractivity (Wildman–Crippen MR) is 231 cm³/mol. The first-order valence-corrected chi connectivity index (χ1v) is 24.8. The topological polar surface area (TPSA) is 207 Å². The van der Waals surface area contributed by atoms with Crippen molar-refractivity contribution in [2.24, 2.45) is 11.5 Å². The van der Waals surface area contributed by atoms with Crippen molar-refractivity contribution in [1.82, 2.24) is 0 Å². The Morgan fingerprint density at radius 3 is 1.40 bits per heavy atom. The lowest BCUT2D eigenvalue weighted by atomic mass is 10.0. The highest BCUT2D eigenvalue weighted by Crippen LogP contribution is 2.43. The van der Waals surface area contributed by atoms with Gasteiger partial charge in [-0.3, -0.25) is 23.4 Å². The van der Waals surface area contributed by atoms with Crippen molar-refractivity contribution >= 4 is 25.7 Å². The minimum Gasteiger partial charge on any atom is -0.462 e. The molecule has 14 heteroatoms. The van der Waals surface area contributed by atoms with Crippen LogP contribution in [0.3, 0.4) is 0 Å². The zero-order valence-corrected chi connectivity index (χ0v) is 37.8. The maximum atomic E-state index is 12.7. The molecule has 0 aromatic heterocycles. The molecule has 0 spiro atoms. The molecule has 0 radical (unpaired) electrons. The molecule has 2 unspecified atom stereocenters. The first kappa shape index (κ1) is 56.4. The summed E-state index contributed by atoms with van der Waals surface area (Å²) in [7, 11) is -4.74. The van der Waals surface area contributed by atoms with E-state index in [1.165, 1.54) is 116 Å². The Balaban J connectivity index is 4.65. The number of phosphoric acid groups is 1. The average molecular weight is 851 g/mol. The molecule has 58 heavy (non-hydrogen) atoms. The largest absolute Gasteiger partial charge is 0.472 e. The number of hydrogen-bond donors (Lipinski definition) is 4. The lowest BCUT2D eigenvalue weighted by Gasteiger charge is -2.20. The lowest BCUT2D eigenvalue weighted by molar-refractivity contribution is -0.161. The summed E-state index contributed by atoms with van der Waals surface area (Å²) in [6.07, 6.45) is 30.4. The van der Waals surface area contributed by atoms with Crippen molar-refractivity contribution in [1.29, 1.82) is 0 Å². The summed E-state index contributed by atoms with van der Waals surface area (Å²) in [5.41, 5.74) is 11.2. The summed E-state index contributed by atoms with van der Waals surface area (Å²) in [6.45, 7) is 2.85. The number of esters is 3. The van der Waals surface area contributed by atoms with Crippen molar-refractivity contribution in [3.05, 3.63) is 0 Å². The van der Waals surface area contributed by atoms with Gasteiger partial charge in [0.25, 0.3) is 0 Å². The molecule has 0 saturated carbocycles. The fraction of sp³-hybridized carbons (Fsp3) is 0.932. The molecule has 13 nitrogen and oxygen atoms in total. The third-order valence-corrected chi connectivity index (χ3v) is 11.2. The number of aliphatic hydroxyl groups is 1. The number of carbonyl (C=O) groups excluding carboxylic acids is 3. The standard InChI is InChI=1S/C44H87N2O11P/c1-3-5-7-9-11-13-15-17-19-21-23-25-27-32-42(48)53-37-40(57-43(49)33-28-26-24-22-20-18-16-14-12-10-8-6-4-2)38-56-58(51,52)55-36-39(47)35-54-44(50)41(46)31-29-30-34-45/h39-41,47H,3-38,45-46H2,1-2H3,(H,51,52)/t39?,40-,41-/m1/s1. The SMILES string of the molecule is CCCCCCCCCCCCCCCC(=O)OC[C@H](COP(=O)(O)OCC(O)COC(=O)[C@H](N)CCCCN)OC(=O)CCCCCCCCCCCCCCC. The molecule has 344 valence electrons. The van der Waals surface area contributed by atoms with E-state index in [2.05, 4.69) is 13.8 Å². The molecule has 0 saturated heterocycles. The van der Waals surface area contributed by atoms with Crippen molar-refractivity contribution in [2.75, 3.05) is 33.0 Å². The van der Waals surface area contributed by atoms with Crippen LogP contribution in [0.2, 0.25) is 0 Å². The summed E-state index contributed by atoms with van der Waals surface area (Å²) in [5, 5.41) is 10.1. The Labute approximate surface area is 352 Å². The highest BCUT2D eigenvalue weighted by Gasteiger charge is 2.28. The molecule has 0 amide bonds. The Morgan fingerprint density at radius 1 is 0.534 bits per heavy atom. The van der Waals surface area contributed by atoms with Crippen LogP contribution in [0.1, 0.15) is 213 Å². The maximum absolute atomic E-state index is 12.7. The lowest BCUT2D eigenvalue weighted by Crippen LogP contribution is -2.35. The Hall–Kier alpha value is -1.60. The molecule has 0 rings (SSSR count). The normalized spacial score (nSPS) is 14.1. The minimum atomic E-state index is -4.74. The molecule has 4 atom stereocenters. The number of unbranched alkanes of at least 4 members (excludes halogenated alkanes) is 25. The molecule has 0 aliphatic heterocycles. The molecule has 0 heterocycles. The summed E-state index contributed by atoms with van der Waals surface area (Å²) in [6, 6.07) is -0.875. The molecule has 0 aromatic carbocycles. The first-order valence-electron chi connectivity index (χ1n) is 23.3. The Kier molecular flexibility index (Phi) is 39.7. The van der Waals surface area contributed by atoms with E-state index in [1.54, 1.807) is 0 Å². The van der Waals surface area contributed by atoms with Crippen LogP contribution in [0, 0.1) is 0 Å². The van der Waals surface area contributed by atoms with Crippen LogP contribution < -0.4 is 11.5 Å². The van der Waals surface area contributed by atoms with Gasteiger partial charge >= 0.3 is 25.7 Å². The fourth-order valence-electron chi connectivity index (χ4n) is 6.55. The summed E-state index contributed by atoms with van der Waals surface area (Å²) < 4.78 is 38.5. The van der Waals surface area contributed by atoms with E-state index in [0.29, 0.717) is 38.6 Å². The van der Waals surface area contributed by atoms with Crippen molar-refractivity contribution < 1.29 is 52.2 Å². The van der Waals surface area contributed by atoms with E-state index in [9.17, 15) is 28.9 Å². The van der Waals surface area contributed by atoms with Gasteiger partial charge < -0.3 is 35.7 Å². The number of ether oxygens (including phenoxy) is 3. The van der Waals surface area contributed by atoms with Gasteiger partial charge in [0.05, 0.1) is 13.2 Å². The van der Waals surface area contributed by atoms with Crippen LogP contribution in [0.15, 0.2) is 0 Å². The van der Waals surface area contributed by atoms with Gasteiger partial charge in [-0.15, -0.1) is 0 Å². The van der Waals surface area contributed by atoms with E-state index in [-0.39, 0.29) is 19.4 Å². The van der Waals surface area contributed by atoms with Gasteiger partial charge in [0.15, 0.2) is 6.10 Å². The second-order valence-corrected chi connectivity index (χ2v) is 17.5. The van der Waals surface area contributed by atoms with Crippen LogP contribution in [0.5, 0.6) is 0 Å². The van der Waals surface area contributed by atoms with Gasteiger partial charge in [-0.05, 0) is 32.2 Å². The van der Waals surface area contributed by atoms with Crippen LogP contribution in [0.25, 0.3) is 0 Å². The average Bonchev–Trinajstić information content (AvgIpc) is 3.20. The van der Waals surface area contributed by atoms with Gasteiger partial charge in [0, 0.05) is 12.8 Å². The van der Waals surface area contributed by atoms with Crippen molar-refractivity contribution in [2.45, 2.75) is 231 Å². The zero-order chi connectivity index (χ0) is 43.0. The summed E-state index contributed by atoms with van der Waals surface area (Å²) in [5.74, 6) is -1.68. The minimum absolute atomic E-state index is 0.163. The third kappa shape index (κ3) is 38.6. The number of phosphoric ester groups is 1. The van der Waals surface area contributed by atoms with Gasteiger partial charge in [-0.1, -0.05) is 174 Å². The van der Waals surface area contributed by atoms with Crippen molar-refractivity contribution in [3.63, 3.8) is 0 Å². The van der Waals surface area contributed by atoms with E-state index in [1.807, 2.05) is 0 Å². The van der Waals surface area contributed by atoms with Gasteiger partial charge in [-0.2, -0.15) is 0 Å². The summed E-state index contributed by atoms with van der Waals surface area (Å²) in [4.78, 5) is 47.5. The number of hydrogen-bond acceptors (Lipinski definition) is 12. The molecule has 0 fully saturated rings. The second kappa shape index (κ2) is 40.8. The van der Waals surface area contributed by atoms with Crippen LogP contribution >= 0.6 is 7.82 Å². The quantitative estimate of drug-likeness (QED) is 0.0195. The predicted octanol–water partition coefficient (Wildman–Crippen LogP) is 9.90. The zero-order valence-electron chi connectivity index (χ0n) is 36.9. The van der Waals surface area contributed by atoms with Crippen LogP contribution in [-0.4, -0.2) is 79.1 Å². The van der Waals surface area contributed by atoms with Gasteiger partial charge in [-0.25, -0.2) is 4.57 Å². The Morgan fingerprint density at radius 2 is 0.948 bits per heavy atom. The van der Waals surface area contributed by atoms with Crippen LogP contribution in [-0.2, 0) is 42.2 Å². The fourth-order valence-corrected chi connectivity index (χ4v) is 7.34. The molecular formula is C44H87N2O11P. The molecule has 0 aliphatic rings. The van der Waals surface area contributed by atoms with Crippen molar-refractivity contribution in [3.8, 4) is 0 Å². The van der Waals surface area contributed by atoms with E-state index in [4.69, 9.17) is 34.7 Å². The first-order chi connectivity index (χ1) is 28.0. The maximum Gasteiger partial charge on any atom is 0.472 e. The van der Waals surface area contributed by atoms with E-state index in [0.717, 1.165) is 38.5 Å². The number of aliphatic hydroxyl groups excluding tert-OH is 1. The highest BCUT2D eigenvalue weighted by atomic mass is 31.2. The van der Waals surface area contributed by atoms with E-state index < -0.39 is 63.8 Å². The smallest absolute Gasteiger partial charge is 0.462 e. The summed E-state index contributed by atoms with van der Waals surface area (Å²) >= 11 is 0.